The first kappa shape index (κ1) is 31.6. The van der Waals surface area contributed by atoms with E-state index in [1.807, 2.05) is 11.3 Å². The van der Waals surface area contributed by atoms with Crippen LogP contribution in [0, 0.1) is 0 Å². The first-order valence-electron chi connectivity index (χ1n) is 18.7. The fraction of sp³-hybridized carbons (Fsp3) is 0. The average molecular weight is 720 g/mol. The normalized spacial score (nSPS) is 11.6. The van der Waals surface area contributed by atoms with Crippen molar-refractivity contribution in [2.24, 2.45) is 0 Å². The van der Waals surface area contributed by atoms with Gasteiger partial charge in [0.15, 0.2) is 0 Å². The van der Waals surface area contributed by atoms with Gasteiger partial charge in [0.2, 0.25) is 0 Å². The molecule has 0 saturated heterocycles. The van der Waals surface area contributed by atoms with Crippen LogP contribution in [0.3, 0.4) is 0 Å². The molecule has 0 fully saturated rings. The van der Waals surface area contributed by atoms with Gasteiger partial charge in [-0.3, -0.25) is 0 Å². The molecule has 55 heavy (non-hydrogen) atoms. The molecule has 0 aliphatic heterocycles. The third-order valence-electron chi connectivity index (χ3n) is 10.9. The standard InChI is InChI=1S/C52H33NOS/c1-2-10-34(11-3-1)38-13-8-14-42(32-38)53(40-26-20-35(21-27-40)39-25-30-46-45-16-6-7-19-49(45)55-50(46)33-39)41-28-22-37(23-29-41)43-17-9-18-48-51(43)47-31-24-36-12-4-5-15-44(36)52(47)54-48/h1-33H. The summed E-state index contributed by atoms with van der Waals surface area (Å²) in [5, 5.41) is 7.25. The van der Waals surface area contributed by atoms with E-state index in [0.29, 0.717) is 0 Å². The summed E-state index contributed by atoms with van der Waals surface area (Å²) in [4.78, 5) is 2.36. The van der Waals surface area contributed by atoms with Crippen LogP contribution in [-0.2, 0) is 0 Å². The Balaban J connectivity index is 1.00. The molecule has 0 atom stereocenters. The van der Waals surface area contributed by atoms with E-state index >= 15 is 0 Å². The van der Waals surface area contributed by atoms with Gasteiger partial charge >= 0.3 is 0 Å². The van der Waals surface area contributed by atoms with E-state index < -0.39 is 0 Å². The van der Waals surface area contributed by atoms with Crippen LogP contribution in [0.2, 0.25) is 0 Å². The summed E-state index contributed by atoms with van der Waals surface area (Å²) >= 11 is 1.86. The van der Waals surface area contributed by atoms with Gasteiger partial charge in [-0.15, -0.1) is 11.3 Å². The number of thiophene rings is 1. The van der Waals surface area contributed by atoms with E-state index in [2.05, 4.69) is 205 Å². The highest BCUT2D eigenvalue weighted by Gasteiger charge is 2.17. The lowest BCUT2D eigenvalue weighted by molar-refractivity contribution is 0.673. The molecule has 2 heterocycles. The van der Waals surface area contributed by atoms with Crippen molar-refractivity contribution in [2.75, 3.05) is 4.90 Å². The first-order valence-corrected chi connectivity index (χ1v) is 19.5. The molecule has 0 radical (unpaired) electrons. The number of furan rings is 1. The minimum absolute atomic E-state index is 0.902. The van der Waals surface area contributed by atoms with Crippen LogP contribution in [0.1, 0.15) is 0 Å². The van der Waals surface area contributed by atoms with Crippen molar-refractivity contribution < 1.29 is 4.42 Å². The molecular formula is C52H33NOS. The topological polar surface area (TPSA) is 16.4 Å². The van der Waals surface area contributed by atoms with Gasteiger partial charge in [-0.25, -0.2) is 0 Å². The molecule has 0 amide bonds. The first-order chi connectivity index (χ1) is 27.2. The summed E-state index contributed by atoms with van der Waals surface area (Å²) < 4.78 is 9.16. The largest absolute Gasteiger partial charge is 0.455 e. The van der Waals surface area contributed by atoms with Gasteiger partial charge in [-0.05, 0) is 99.4 Å². The fourth-order valence-corrected chi connectivity index (χ4v) is 9.34. The van der Waals surface area contributed by atoms with E-state index in [9.17, 15) is 0 Å². The summed E-state index contributed by atoms with van der Waals surface area (Å²) in [5.41, 5.74) is 12.2. The van der Waals surface area contributed by atoms with Crippen molar-refractivity contribution in [1.82, 2.24) is 0 Å². The molecule has 2 aromatic heterocycles. The lowest BCUT2D eigenvalue weighted by atomic mass is 9.97. The van der Waals surface area contributed by atoms with Crippen LogP contribution in [0.25, 0.3) is 86.3 Å². The fourth-order valence-electron chi connectivity index (χ4n) is 8.20. The quantitative estimate of drug-likeness (QED) is 0.170. The third kappa shape index (κ3) is 5.40. The minimum atomic E-state index is 0.902. The van der Waals surface area contributed by atoms with Gasteiger partial charge in [-0.1, -0.05) is 140 Å². The molecule has 0 saturated carbocycles. The Labute approximate surface area is 322 Å². The molecule has 2 nitrogen and oxygen atoms in total. The average Bonchev–Trinajstić information content (AvgIpc) is 3.83. The number of hydrogen-bond acceptors (Lipinski definition) is 3. The maximum atomic E-state index is 6.52. The van der Waals surface area contributed by atoms with Crippen molar-refractivity contribution in [3.8, 4) is 33.4 Å². The zero-order valence-electron chi connectivity index (χ0n) is 29.8. The SMILES string of the molecule is c1ccc(-c2cccc(N(c3ccc(-c4ccc5c(c4)sc4ccccc45)cc3)c3ccc(-c4cccc5oc6c7ccccc7ccc6c45)cc3)c2)cc1. The second-order valence-electron chi connectivity index (χ2n) is 14.1. The Hall–Kier alpha value is -6.94. The minimum Gasteiger partial charge on any atom is -0.455 e. The Kier molecular flexibility index (Phi) is 7.39. The van der Waals surface area contributed by atoms with E-state index in [4.69, 9.17) is 4.42 Å². The molecule has 0 bridgehead atoms. The van der Waals surface area contributed by atoms with Crippen LogP contribution >= 0.6 is 11.3 Å². The molecule has 0 spiro atoms. The highest BCUT2D eigenvalue weighted by atomic mass is 32.1. The number of hydrogen-bond donors (Lipinski definition) is 0. The molecule has 258 valence electrons. The molecule has 0 N–H and O–H groups in total. The van der Waals surface area contributed by atoms with E-state index in [1.165, 1.54) is 47.8 Å². The molecule has 0 unspecified atom stereocenters. The number of nitrogens with zero attached hydrogens (tertiary/aromatic N) is 1. The maximum absolute atomic E-state index is 6.52. The smallest absolute Gasteiger partial charge is 0.143 e. The highest BCUT2D eigenvalue weighted by Crippen LogP contribution is 2.42. The number of anilines is 3. The van der Waals surface area contributed by atoms with Gasteiger partial charge in [-0.2, -0.15) is 0 Å². The summed E-state index contributed by atoms with van der Waals surface area (Å²) in [7, 11) is 0. The second kappa shape index (κ2) is 12.9. The van der Waals surface area contributed by atoms with Crippen LogP contribution in [-0.4, -0.2) is 0 Å². The predicted molar refractivity (Wildman–Crippen MR) is 235 cm³/mol. The zero-order valence-corrected chi connectivity index (χ0v) is 30.6. The van der Waals surface area contributed by atoms with E-state index in [-0.39, 0.29) is 0 Å². The lowest BCUT2D eigenvalue weighted by Gasteiger charge is -2.26. The van der Waals surface area contributed by atoms with Crippen molar-refractivity contribution in [2.45, 2.75) is 0 Å². The van der Waals surface area contributed by atoms with Crippen molar-refractivity contribution in [3.63, 3.8) is 0 Å². The van der Waals surface area contributed by atoms with Gasteiger partial charge in [0.1, 0.15) is 11.2 Å². The third-order valence-corrected chi connectivity index (χ3v) is 12.0. The second-order valence-corrected chi connectivity index (χ2v) is 15.2. The molecule has 11 rings (SSSR count). The van der Waals surface area contributed by atoms with Crippen molar-refractivity contribution >= 4 is 81.3 Å². The summed E-state index contributed by atoms with van der Waals surface area (Å²) in [6, 6.07) is 72.1. The monoisotopic (exact) mass is 719 g/mol. The van der Waals surface area contributed by atoms with Crippen molar-refractivity contribution in [1.29, 1.82) is 0 Å². The van der Waals surface area contributed by atoms with Gasteiger partial charge in [0, 0.05) is 53.4 Å². The summed E-state index contributed by atoms with van der Waals surface area (Å²) in [5.74, 6) is 0. The Morgan fingerprint density at radius 3 is 1.82 bits per heavy atom. The number of benzene rings is 9. The van der Waals surface area contributed by atoms with Gasteiger partial charge < -0.3 is 9.32 Å². The van der Waals surface area contributed by atoms with Crippen LogP contribution < -0.4 is 4.90 Å². The summed E-state index contributed by atoms with van der Waals surface area (Å²) in [6.45, 7) is 0. The molecule has 0 aliphatic carbocycles. The zero-order chi connectivity index (χ0) is 36.3. The van der Waals surface area contributed by atoms with Gasteiger partial charge in [0.25, 0.3) is 0 Å². The van der Waals surface area contributed by atoms with Crippen LogP contribution in [0.4, 0.5) is 17.1 Å². The maximum Gasteiger partial charge on any atom is 0.143 e. The van der Waals surface area contributed by atoms with Gasteiger partial charge in [0.05, 0.1) is 0 Å². The Bertz CT molecular complexity index is 3190. The molecule has 0 aliphatic rings. The number of rotatable bonds is 6. The lowest BCUT2D eigenvalue weighted by Crippen LogP contribution is -2.10. The molecule has 9 aromatic carbocycles. The predicted octanol–water partition coefficient (Wildman–Crippen LogP) is 15.6. The Morgan fingerprint density at radius 2 is 0.982 bits per heavy atom. The number of fused-ring (bicyclic) bond motifs is 8. The van der Waals surface area contributed by atoms with Crippen molar-refractivity contribution in [3.05, 3.63) is 200 Å². The Morgan fingerprint density at radius 1 is 0.364 bits per heavy atom. The van der Waals surface area contributed by atoms with E-state index in [1.54, 1.807) is 0 Å². The molecule has 11 aromatic rings. The van der Waals surface area contributed by atoms with Crippen LogP contribution in [0.15, 0.2) is 205 Å². The molecule has 3 heteroatoms. The summed E-state index contributed by atoms with van der Waals surface area (Å²) in [6.07, 6.45) is 0. The van der Waals surface area contributed by atoms with E-state index in [0.717, 1.165) is 55.5 Å². The molecular weight excluding hydrogens is 687 g/mol. The highest BCUT2D eigenvalue weighted by molar-refractivity contribution is 7.25. The van der Waals surface area contributed by atoms with Crippen LogP contribution in [0.5, 0.6) is 0 Å².